The molecule has 0 bridgehead atoms. The van der Waals surface area contributed by atoms with Crippen molar-refractivity contribution in [2.24, 2.45) is 5.92 Å². The van der Waals surface area contributed by atoms with Gasteiger partial charge in [0.05, 0.1) is 5.56 Å². The van der Waals surface area contributed by atoms with Gasteiger partial charge < -0.3 is 15.5 Å². The van der Waals surface area contributed by atoms with Gasteiger partial charge in [0.15, 0.2) is 0 Å². The van der Waals surface area contributed by atoms with E-state index in [4.69, 9.17) is 0 Å². The van der Waals surface area contributed by atoms with Crippen molar-refractivity contribution in [3.8, 4) is 0 Å². The number of anilines is 1. The molecule has 2 aliphatic heterocycles. The fourth-order valence-electron chi connectivity index (χ4n) is 3.68. The number of carbonyl (C=O) groups excluding carboxylic acids is 1. The predicted molar refractivity (Wildman–Crippen MR) is 100 cm³/mol. The van der Waals surface area contributed by atoms with Crippen molar-refractivity contribution in [3.05, 3.63) is 23.9 Å². The average Bonchev–Trinajstić information content (AvgIpc) is 2.62. The Morgan fingerprint density at radius 1 is 1.26 bits per heavy atom. The lowest BCUT2D eigenvalue weighted by Crippen LogP contribution is -2.49. The molecule has 2 fully saturated rings. The third-order valence-corrected chi connectivity index (χ3v) is 5.23. The maximum atomic E-state index is 12.6. The lowest BCUT2D eigenvalue weighted by Gasteiger charge is -2.34. The van der Waals surface area contributed by atoms with Crippen LogP contribution in [0.25, 0.3) is 0 Å². The quantitative estimate of drug-likeness (QED) is 0.810. The van der Waals surface area contributed by atoms with Crippen LogP contribution in [0.4, 0.5) is 19.0 Å². The Morgan fingerprint density at radius 3 is 2.52 bits per heavy atom. The predicted octanol–water partition coefficient (Wildman–Crippen LogP) is 3.00. The molecule has 2 N–H and O–H groups in total. The Balaban J connectivity index is 0.00000261. The molecule has 0 spiro atoms. The Kier molecular flexibility index (Phi) is 7.33. The molecule has 9 heteroatoms. The van der Waals surface area contributed by atoms with Crippen LogP contribution in [0.5, 0.6) is 0 Å². The second kappa shape index (κ2) is 9.10. The summed E-state index contributed by atoms with van der Waals surface area (Å²) in [6.45, 7) is 4.31. The molecule has 1 amide bonds. The van der Waals surface area contributed by atoms with E-state index in [1.165, 1.54) is 6.07 Å². The number of alkyl halides is 3. The summed E-state index contributed by atoms with van der Waals surface area (Å²) in [6.07, 6.45) is -0.217. The Hall–Kier alpha value is -1.54. The standard InChI is InChI=1S/C18H25F3N4O.ClH/c1-12-10-13(4-7-22-12)17(26)24-15-5-8-25(9-6-15)16-3-2-14(11-23-16)18(19,20)21;/h2-3,11-13,15,22H,4-10H2,1H3,(H,24,26);1H/t12-,13-;/m0./s1. The number of aromatic nitrogens is 1. The maximum absolute atomic E-state index is 12.6. The van der Waals surface area contributed by atoms with E-state index in [2.05, 4.69) is 22.5 Å². The maximum Gasteiger partial charge on any atom is 0.417 e. The summed E-state index contributed by atoms with van der Waals surface area (Å²) < 4.78 is 37.8. The first kappa shape index (κ1) is 21.8. The normalized spacial score (nSPS) is 24.2. The molecule has 3 rings (SSSR count). The minimum Gasteiger partial charge on any atom is -0.356 e. The topological polar surface area (TPSA) is 57.3 Å². The third-order valence-electron chi connectivity index (χ3n) is 5.23. The van der Waals surface area contributed by atoms with Crippen LogP contribution < -0.4 is 15.5 Å². The number of carbonyl (C=O) groups is 1. The molecule has 2 aliphatic rings. The number of pyridine rings is 1. The first-order chi connectivity index (χ1) is 12.3. The molecule has 0 aliphatic carbocycles. The zero-order valence-corrected chi connectivity index (χ0v) is 16.1. The zero-order valence-electron chi connectivity index (χ0n) is 15.3. The Labute approximate surface area is 163 Å². The van der Waals surface area contributed by atoms with Crippen LogP contribution in [0.2, 0.25) is 0 Å². The van der Waals surface area contributed by atoms with Gasteiger partial charge in [0.2, 0.25) is 5.91 Å². The van der Waals surface area contributed by atoms with Crippen LogP contribution in [0, 0.1) is 5.92 Å². The van der Waals surface area contributed by atoms with E-state index < -0.39 is 11.7 Å². The molecule has 1 aromatic rings. The lowest BCUT2D eigenvalue weighted by atomic mass is 9.92. The van der Waals surface area contributed by atoms with Gasteiger partial charge in [-0.1, -0.05) is 0 Å². The largest absolute Gasteiger partial charge is 0.417 e. The zero-order chi connectivity index (χ0) is 18.7. The number of rotatable bonds is 3. The SMILES string of the molecule is C[C@H]1C[C@@H](C(=O)NC2CCN(c3ccc(C(F)(F)F)cn3)CC2)CCN1.Cl. The number of nitrogens with one attached hydrogen (secondary N) is 2. The molecule has 0 aromatic carbocycles. The van der Waals surface area contributed by atoms with Crippen LogP contribution in [0.3, 0.4) is 0 Å². The van der Waals surface area contributed by atoms with Crippen LogP contribution in [0.15, 0.2) is 18.3 Å². The van der Waals surface area contributed by atoms with Gasteiger partial charge in [0.1, 0.15) is 5.82 Å². The summed E-state index contributed by atoms with van der Waals surface area (Å²) in [6, 6.07) is 2.97. The van der Waals surface area contributed by atoms with E-state index >= 15 is 0 Å². The summed E-state index contributed by atoms with van der Waals surface area (Å²) in [5, 5.41) is 6.49. The molecule has 2 atom stereocenters. The van der Waals surface area contributed by atoms with E-state index in [1.54, 1.807) is 0 Å². The fourth-order valence-corrected chi connectivity index (χ4v) is 3.68. The monoisotopic (exact) mass is 406 g/mol. The van der Waals surface area contributed by atoms with Gasteiger partial charge in [0.25, 0.3) is 0 Å². The first-order valence-corrected chi connectivity index (χ1v) is 9.15. The highest BCUT2D eigenvalue weighted by atomic mass is 35.5. The molecule has 1 aromatic heterocycles. The third kappa shape index (κ3) is 5.72. The minimum atomic E-state index is -4.37. The smallest absolute Gasteiger partial charge is 0.356 e. The van der Waals surface area contributed by atoms with Gasteiger partial charge in [-0.15, -0.1) is 12.4 Å². The van der Waals surface area contributed by atoms with Crippen molar-refractivity contribution in [1.29, 1.82) is 0 Å². The van der Waals surface area contributed by atoms with Crippen molar-refractivity contribution in [2.45, 2.75) is 50.9 Å². The van der Waals surface area contributed by atoms with E-state index in [-0.39, 0.29) is 30.3 Å². The van der Waals surface area contributed by atoms with E-state index in [1.807, 2.05) is 4.90 Å². The van der Waals surface area contributed by atoms with Gasteiger partial charge in [0, 0.05) is 37.3 Å². The fraction of sp³-hybridized carbons (Fsp3) is 0.667. The van der Waals surface area contributed by atoms with Gasteiger partial charge in [-0.05, 0) is 51.3 Å². The van der Waals surface area contributed by atoms with Crippen molar-refractivity contribution in [3.63, 3.8) is 0 Å². The van der Waals surface area contributed by atoms with Crippen molar-refractivity contribution < 1.29 is 18.0 Å². The number of piperidine rings is 2. The van der Waals surface area contributed by atoms with E-state index in [9.17, 15) is 18.0 Å². The number of hydrogen-bond acceptors (Lipinski definition) is 4. The van der Waals surface area contributed by atoms with Crippen LogP contribution >= 0.6 is 12.4 Å². The summed E-state index contributed by atoms with van der Waals surface area (Å²) in [5.74, 6) is 0.750. The lowest BCUT2D eigenvalue weighted by molar-refractivity contribution is -0.137. The van der Waals surface area contributed by atoms with Crippen LogP contribution in [-0.4, -0.2) is 42.6 Å². The van der Waals surface area contributed by atoms with E-state index in [0.717, 1.165) is 44.5 Å². The molecule has 2 saturated heterocycles. The second-order valence-corrected chi connectivity index (χ2v) is 7.25. The molecule has 0 saturated carbocycles. The molecule has 27 heavy (non-hydrogen) atoms. The molecular formula is C18H26ClF3N4O. The van der Waals surface area contributed by atoms with Crippen molar-refractivity contribution in [1.82, 2.24) is 15.6 Å². The van der Waals surface area contributed by atoms with Gasteiger partial charge in [-0.25, -0.2) is 4.98 Å². The highest BCUT2D eigenvalue weighted by molar-refractivity contribution is 5.85. The summed E-state index contributed by atoms with van der Waals surface area (Å²) in [7, 11) is 0. The van der Waals surface area contributed by atoms with Crippen molar-refractivity contribution in [2.75, 3.05) is 24.5 Å². The van der Waals surface area contributed by atoms with Gasteiger partial charge >= 0.3 is 6.18 Å². The Bertz CT molecular complexity index is 618. The van der Waals surface area contributed by atoms with Crippen molar-refractivity contribution >= 4 is 24.1 Å². The van der Waals surface area contributed by atoms with Crippen LogP contribution in [0.1, 0.15) is 38.2 Å². The Morgan fingerprint density at radius 2 is 1.96 bits per heavy atom. The van der Waals surface area contributed by atoms with Crippen LogP contribution in [-0.2, 0) is 11.0 Å². The average molecular weight is 407 g/mol. The molecule has 5 nitrogen and oxygen atoms in total. The first-order valence-electron chi connectivity index (χ1n) is 9.15. The highest BCUT2D eigenvalue weighted by Gasteiger charge is 2.31. The summed E-state index contributed by atoms with van der Waals surface area (Å²) >= 11 is 0. The second-order valence-electron chi connectivity index (χ2n) is 7.25. The molecule has 0 unspecified atom stereocenters. The number of nitrogens with zero attached hydrogens (tertiary/aromatic N) is 2. The molecule has 3 heterocycles. The molecular weight excluding hydrogens is 381 g/mol. The number of amides is 1. The van der Waals surface area contributed by atoms with Gasteiger partial charge in [-0.3, -0.25) is 4.79 Å². The number of halogens is 4. The summed E-state index contributed by atoms with van der Waals surface area (Å²) in [4.78, 5) is 18.3. The molecule has 0 radical (unpaired) electrons. The summed E-state index contributed by atoms with van der Waals surface area (Å²) in [5.41, 5.74) is -0.736. The minimum absolute atomic E-state index is 0. The highest BCUT2D eigenvalue weighted by Crippen LogP contribution is 2.29. The van der Waals surface area contributed by atoms with E-state index in [0.29, 0.717) is 24.9 Å². The van der Waals surface area contributed by atoms with Gasteiger partial charge in [-0.2, -0.15) is 13.2 Å². The number of hydrogen-bond donors (Lipinski definition) is 2. The molecule has 152 valence electrons.